The Labute approximate surface area is 223 Å². The van der Waals surface area contributed by atoms with E-state index >= 15 is 0 Å². The highest BCUT2D eigenvalue weighted by molar-refractivity contribution is 5.62. The van der Waals surface area contributed by atoms with Crippen LogP contribution in [0.2, 0.25) is 0 Å². The lowest BCUT2D eigenvalue weighted by atomic mass is 9.99. The van der Waals surface area contributed by atoms with Gasteiger partial charge in [-0.1, -0.05) is 50.0 Å². The van der Waals surface area contributed by atoms with Gasteiger partial charge in [0.15, 0.2) is 0 Å². The summed E-state index contributed by atoms with van der Waals surface area (Å²) < 4.78 is 0. The van der Waals surface area contributed by atoms with Crippen molar-refractivity contribution >= 4 is 0 Å². The highest BCUT2D eigenvalue weighted by Crippen LogP contribution is 2.57. The van der Waals surface area contributed by atoms with Gasteiger partial charge in [0, 0.05) is 17.2 Å². The molecule has 3 fully saturated rings. The molecule has 3 aliphatic rings. The van der Waals surface area contributed by atoms with Gasteiger partial charge in [-0.15, -0.1) is 0 Å². The van der Waals surface area contributed by atoms with E-state index in [1.54, 1.807) is 0 Å². The summed E-state index contributed by atoms with van der Waals surface area (Å²) in [5, 5.41) is 3.70. The standard InChI is InChI=1S/C32H34N6/c1-31(13-14-31)15-24(33)29-34-18-26(37-29)22-9-5-20(6-10-22)3-4-21-7-11-23(12-8-21)27-19-35-30(38-27)25-16-32(2)17-28(32)36-25/h5-12,18-19,24-25,28,36H,13-17,33H2,1-2H3,(H,34,37)(H,35,38)/t24-,25-,28-,32+/m0/s1. The largest absolute Gasteiger partial charge is 0.341 e. The minimum Gasteiger partial charge on any atom is -0.341 e. The fourth-order valence-corrected chi connectivity index (χ4v) is 5.82. The van der Waals surface area contributed by atoms with E-state index in [0.717, 1.165) is 58.1 Å². The van der Waals surface area contributed by atoms with E-state index < -0.39 is 0 Å². The maximum absolute atomic E-state index is 6.39. The minimum absolute atomic E-state index is 0.0403. The number of hydrogen-bond acceptors (Lipinski definition) is 4. The van der Waals surface area contributed by atoms with Crippen molar-refractivity contribution in [3.63, 3.8) is 0 Å². The maximum Gasteiger partial charge on any atom is 0.123 e. The van der Waals surface area contributed by atoms with Gasteiger partial charge in [0.25, 0.3) is 0 Å². The Morgan fingerprint density at radius 3 is 2.05 bits per heavy atom. The van der Waals surface area contributed by atoms with E-state index in [4.69, 9.17) is 5.73 Å². The predicted octanol–water partition coefficient (Wildman–Crippen LogP) is 5.87. The Kier molecular flexibility index (Phi) is 5.36. The van der Waals surface area contributed by atoms with Gasteiger partial charge in [-0.3, -0.25) is 0 Å². The summed E-state index contributed by atoms with van der Waals surface area (Å²) in [6.45, 7) is 4.67. The van der Waals surface area contributed by atoms with Crippen LogP contribution in [0, 0.1) is 22.7 Å². The first-order chi connectivity index (χ1) is 18.4. The van der Waals surface area contributed by atoms with Gasteiger partial charge in [0.2, 0.25) is 0 Å². The van der Waals surface area contributed by atoms with E-state index in [0.29, 0.717) is 22.9 Å². The number of imidazole rings is 2. The minimum atomic E-state index is -0.0403. The molecular weight excluding hydrogens is 468 g/mol. The molecule has 0 spiro atoms. The van der Waals surface area contributed by atoms with Gasteiger partial charge in [-0.05, 0) is 78.3 Å². The molecule has 2 aliphatic carbocycles. The van der Waals surface area contributed by atoms with Crippen molar-refractivity contribution < 1.29 is 0 Å². The van der Waals surface area contributed by atoms with E-state index in [2.05, 4.69) is 99.5 Å². The molecule has 1 saturated heterocycles. The van der Waals surface area contributed by atoms with Crippen LogP contribution in [0.5, 0.6) is 0 Å². The molecule has 0 unspecified atom stereocenters. The zero-order valence-corrected chi connectivity index (χ0v) is 22.0. The van der Waals surface area contributed by atoms with E-state index in [1.165, 1.54) is 19.3 Å². The highest BCUT2D eigenvalue weighted by atomic mass is 15.1. The molecule has 0 amide bonds. The molecule has 5 N–H and O–H groups in total. The molecule has 6 nitrogen and oxygen atoms in total. The summed E-state index contributed by atoms with van der Waals surface area (Å²) in [6.07, 6.45) is 9.79. The second-order valence-electron chi connectivity index (χ2n) is 12.2. The number of benzene rings is 2. The predicted molar refractivity (Wildman–Crippen MR) is 150 cm³/mol. The number of H-pyrrole nitrogens is 2. The molecule has 7 rings (SSSR count). The van der Waals surface area contributed by atoms with Crippen LogP contribution in [-0.4, -0.2) is 26.0 Å². The van der Waals surface area contributed by atoms with Crippen LogP contribution in [-0.2, 0) is 0 Å². The number of nitrogens with one attached hydrogen (secondary N) is 3. The number of nitrogens with zero attached hydrogens (tertiary/aromatic N) is 2. The molecule has 6 heteroatoms. The fraction of sp³-hybridized carbons (Fsp3) is 0.375. The Balaban J connectivity index is 0.989. The highest BCUT2D eigenvalue weighted by Gasteiger charge is 2.57. The maximum atomic E-state index is 6.39. The lowest BCUT2D eigenvalue weighted by Gasteiger charge is -2.13. The van der Waals surface area contributed by atoms with Gasteiger partial charge in [-0.25, -0.2) is 9.97 Å². The molecule has 2 aromatic heterocycles. The number of piperidine rings is 1. The smallest absolute Gasteiger partial charge is 0.123 e. The molecule has 4 aromatic rings. The number of aromatic nitrogens is 4. The summed E-state index contributed by atoms with van der Waals surface area (Å²) >= 11 is 0. The van der Waals surface area contributed by atoms with Crippen LogP contribution < -0.4 is 11.1 Å². The van der Waals surface area contributed by atoms with Crippen LogP contribution in [0.25, 0.3) is 22.5 Å². The molecule has 0 bridgehead atoms. The summed E-state index contributed by atoms with van der Waals surface area (Å²) in [5.41, 5.74) is 13.5. The Morgan fingerprint density at radius 1 is 0.868 bits per heavy atom. The number of nitrogens with two attached hydrogens (primary N) is 1. The summed E-state index contributed by atoms with van der Waals surface area (Å²) in [5.74, 6) is 8.48. The lowest BCUT2D eigenvalue weighted by molar-refractivity contribution is 0.446. The van der Waals surface area contributed by atoms with Crippen LogP contribution in [0.3, 0.4) is 0 Å². The molecule has 192 valence electrons. The van der Waals surface area contributed by atoms with E-state index in [-0.39, 0.29) is 6.04 Å². The monoisotopic (exact) mass is 502 g/mol. The van der Waals surface area contributed by atoms with Gasteiger partial charge >= 0.3 is 0 Å². The van der Waals surface area contributed by atoms with Crippen molar-refractivity contribution in [2.45, 2.75) is 64.1 Å². The molecule has 0 radical (unpaired) electrons. The van der Waals surface area contributed by atoms with E-state index in [1.807, 2.05) is 12.4 Å². The SMILES string of the molecule is CC1(C[C@H](N)c2ncc(-c3ccc(C#Cc4ccc(-c5cnc([C@@H]6C[C@]7(C)C[C@@H]7N6)[nH]5)cc4)cc3)[nH]2)CC1. The molecule has 2 aromatic carbocycles. The Hall–Kier alpha value is -3.66. The number of hydrogen-bond donors (Lipinski definition) is 4. The first kappa shape index (κ1) is 23.5. The molecule has 3 heterocycles. The molecule has 38 heavy (non-hydrogen) atoms. The average molecular weight is 503 g/mol. The van der Waals surface area contributed by atoms with Gasteiger partial charge in [0.1, 0.15) is 11.6 Å². The molecular formula is C32H34N6. The van der Waals surface area contributed by atoms with Crippen LogP contribution >= 0.6 is 0 Å². The topological polar surface area (TPSA) is 95.4 Å². The van der Waals surface area contributed by atoms with Crippen molar-refractivity contribution in [3.05, 3.63) is 83.7 Å². The van der Waals surface area contributed by atoms with Gasteiger partial charge in [-0.2, -0.15) is 0 Å². The summed E-state index contributed by atoms with van der Waals surface area (Å²) in [6, 6.07) is 17.6. The first-order valence-corrected chi connectivity index (χ1v) is 13.7. The quantitative estimate of drug-likeness (QED) is 0.248. The molecule has 1 aliphatic heterocycles. The normalized spacial score (nSPS) is 25.3. The van der Waals surface area contributed by atoms with Crippen molar-refractivity contribution in [2.75, 3.05) is 0 Å². The first-order valence-electron chi connectivity index (χ1n) is 13.7. The van der Waals surface area contributed by atoms with Crippen molar-refractivity contribution in [1.29, 1.82) is 0 Å². The lowest BCUT2D eigenvalue weighted by Crippen LogP contribution is -2.18. The van der Waals surface area contributed by atoms with Crippen LogP contribution in [0.1, 0.15) is 80.8 Å². The Morgan fingerprint density at radius 2 is 1.47 bits per heavy atom. The third-order valence-electron chi connectivity index (χ3n) is 8.86. The average Bonchev–Trinajstić information content (AvgIpc) is 3.51. The number of fused-ring (bicyclic) bond motifs is 1. The zero-order valence-electron chi connectivity index (χ0n) is 22.0. The van der Waals surface area contributed by atoms with Crippen LogP contribution in [0.15, 0.2) is 60.9 Å². The zero-order chi connectivity index (χ0) is 25.9. The van der Waals surface area contributed by atoms with Gasteiger partial charge < -0.3 is 21.0 Å². The van der Waals surface area contributed by atoms with Crippen molar-refractivity contribution in [3.8, 4) is 34.4 Å². The Bertz CT molecular complexity index is 1530. The van der Waals surface area contributed by atoms with Crippen molar-refractivity contribution in [1.82, 2.24) is 25.3 Å². The molecule has 4 atom stereocenters. The van der Waals surface area contributed by atoms with Crippen molar-refractivity contribution in [2.24, 2.45) is 16.6 Å². The second-order valence-corrected chi connectivity index (χ2v) is 12.2. The van der Waals surface area contributed by atoms with E-state index in [9.17, 15) is 0 Å². The summed E-state index contributed by atoms with van der Waals surface area (Å²) in [4.78, 5) is 16.1. The fourth-order valence-electron chi connectivity index (χ4n) is 5.82. The van der Waals surface area contributed by atoms with Crippen LogP contribution in [0.4, 0.5) is 0 Å². The third kappa shape index (κ3) is 4.57. The second kappa shape index (κ2) is 8.69. The summed E-state index contributed by atoms with van der Waals surface area (Å²) in [7, 11) is 0. The number of rotatable bonds is 6. The molecule has 2 saturated carbocycles. The third-order valence-corrected chi connectivity index (χ3v) is 8.86. The number of aromatic amines is 2. The van der Waals surface area contributed by atoms with Gasteiger partial charge in [0.05, 0.1) is 35.9 Å².